The van der Waals surface area contributed by atoms with Crippen LogP contribution in [0.25, 0.3) is 0 Å². The Kier molecular flexibility index (Phi) is 5.71. The van der Waals surface area contributed by atoms with Crippen molar-refractivity contribution in [2.75, 3.05) is 6.26 Å². The van der Waals surface area contributed by atoms with Crippen LogP contribution in [0.5, 0.6) is 0 Å². The number of hydrogen-bond acceptors (Lipinski definition) is 3. The monoisotopic (exact) mass is 354 g/mol. The molecule has 22 heavy (non-hydrogen) atoms. The van der Waals surface area contributed by atoms with Crippen molar-refractivity contribution in [3.05, 3.63) is 63.6 Å². The molecule has 0 spiro atoms. The van der Waals surface area contributed by atoms with Gasteiger partial charge in [-0.15, -0.1) is 11.8 Å². The van der Waals surface area contributed by atoms with Gasteiger partial charge < -0.3 is 0 Å². The third kappa shape index (κ3) is 4.16. The van der Waals surface area contributed by atoms with Crippen molar-refractivity contribution in [2.24, 2.45) is 0 Å². The Labute approximate surface area is 142 Å². The number of halogens is 2. The van der Waals surface area contributed by atoms with Gasteiger partial charge in [-0.25, -0.2) is 0 Å². The largest absolute Gasteiger partial charge is 0.271 e. The lowest BCUT2D eigenvalue weighted by atomic mass is 10.2. The van der Waals surface area contributed by atoms with Gasteiger partial charge in [-0.05, 0) is 48.7 Å². The smallest absolute Gasteiger partial charge is 0.267 e. The number of carbonyl (C=O) groups is 2. The number of rotatable bonds is 3. The standard InChI is InChI=1S/C15H12Cl2N2O2S/c1-22-11-6-7-13(17)12(8-11)15(21)19-18-14(20)9-2-4-10(16)5-3-9/h2-8H,1H3,(H,18,20)(H,19,21). The predicted molar refractivity (Wildman–Crippen MR) is 89.6 cm³/mol. The first-order chi connectivity index (χ1) is 10.5. The van der Waals surface area contributed by atoms with Crippen LogP contribution in [0.1, 0.15) is 20.7 Å². The SMILES string of the molecule is CSc1ccc(Cl)c(C(=O)NNC(=O)c2ccc(Cl)cc2)c1. The van der Waals surface area contributed by atoms with Gasteiger partial charge in [0.25, 0.3) is 11.8 Å². The van der Waals surface area contributed by atoms with E-state index in [4.69, 9.17) is 23.2 Å². The van der Waals surface area contributed by atoms with E-state index < -0.39 is 11.8 Å². The van der Waals surface area contributed by atoms with E-state index in [9.17, 15) is 9.59 Å². The fraction of sp³-hybridized carbons (Fsp3) is 0.0667. The van der Waals surface area contributed by atoms with Crippen molar-refractivity contribution in [3.8, 4) is 0 Å². The van der Waals surface area contributed by atoms with Gasteiger partial charge in [0.15, 0.2) is 0 Å². The van der Waals surface area contributed by atoms with E-state index in [1.165, 1.54) is 11.8 Å². The van der Waals surface area contributed by atoms with E-state index in [1.807, 2.05) is 12.3 Å². The molecular formula is C15H12Cl2N2O2S. The molecule has 0 atom stereocenters. The summed E-state index contributed by atoms with van der Waals surface area (Å²) in [5.74, 6) is -0.926. The summed E-state index contributed by atoms with van der Waals surface area (Å²) in [6.07, 6.45) is 1.90. The van der Waals surface area contributed by atoms with Crippen LogP contribution in [-0.2, 0) is 0 Å². The molecule has 4 nitrogen and oxygen atoms in total. The van der Waals surface area contributed by atoms with Crippen LogP contribution in [0.3, 0.4) is 0 Å². The summed E-state index contributed by atoms with van der Waals surface area (Å²) in [6.45, 7) is 0. The number of amides is 2. The predicted octanol–water partition coefficient (Wildman–Crippen LogP) is 3.79. The zero-order valence-corrected chi connectivity index (χ0v) is 13.9. The first kappa shape index (κ1) is 16.7. The third-order valence-electron chi connectivity index (χ3n) is 2.81. The van der Waals surface area contributed by atoms with Gasteiger partial charge in [-0.3, -0.25) is 20.4 Å². The second-order valence-corrected chi connectivity index (χ2v) is 5.98. The lowest BCUT2D eigenvalue weighted by Gasteiger charge is -2.09. The van der Waals surface area contributed by atoms with Crippen molar-refractivity contribution in [1.29, 1.82) is 0 Å². The zero-order valence-electron chi connectivity index (χ0n) is 11.5. The molecule has 0 radical (unpaired) electrons. The van der Waals surface area contributed by atoms with Crippen LogP contribution in [0.15, 0.2) is 47.4 Å². The van der Waals surface area contributed by atoms with E-state index >= 15 is 0 Å². The van der Waals surface area contributed by atoms with Gasteiger partial charge in [0.1, 0.15) is 0 Å². The molecule has 0 bridgehead atoms. The summed E-state index contributed by atoms with van der Waals surface area (Å²) < 4.78 is 0. The summed E-state index contributed by atoms with van der Waals surface area (Å²) in [5.41, 5.74) is 5.35. The van der Waals surface area contributed by atoms with Crippen LogP contribution < -0.4 is 10.9 Å². The average Bonchev–Trinajstić information content (AvgIpc) is 2.53. The second kappa shape index (κ2) is 7.54. The Morgan fingerprint density at radius 3 is 2.23 bits per heavy atom. The van der Waals surface area contributed by atoms with Crippen LogP contribution >= 0.6 is 35.0 Å². The molecule has 0 saturated heterocycles. The minimum atomic E-state index is -0.483. The van der Waals surface area contributed by atoms with Gasteiger partial charge in [-0.1, -0.05) is 23.2 Å². The Bertz CT molecular complexity index is 705. The molecular weight excluding hydrogens is 343 g/mol. The lowest BCUT2D eigenvalue weighted by molar-refractivity contribution is 0.0846. The van der Waals surface area contributed by atoms with Gasteiger partial charge in [0, 0.05) is 15.5 Å². The fourth-order valence-corrected chi connectivity index (χ4v) is 2.43. The summed E-state index contributed by atoms with van der Waals surface area (Å²) in [7, 11) is 0. The molecule has 0 aliphatic rings. The molecule has 2 N–H and O–H groups in total. The molecule has 0 heterocycles. The summed E-state index contributed by atoms with van der Waals surface area (Å²) >= 11 is 13.2. The Hall–Kier alpha value is -1.69. The number of benzene rings is 2. The summed E-state index contributed by atoms with van der Waals surface area (Å²) in [5, 5.41) is 0.845. The number of nitrogens with one attached hydrogen (secondary N) is 2. The minimum absolute atomic E-state index is 0.296. The minimum Gasteiger partial charge on any atom is -0.267 e. The Morgan fingerprint density at radius 1 is 0.955 bits per heavy atom. The Balaban J connectivity index is 2.03. The molecule has 114 valence electrons. The molecule has 2 aromatic rings. The highest BCUT2D eigenvalue weighted by atomic mass is 35.5. The number of thioether (sulfide) groups is 1. The molecule has 2 amide bonds. The normalized spacial score (nSPS) is 10.1. The van der Waals surface area contributed by atoms with Crippen molar-refractivity contribution in [1.82, 2.24) is 10.9 Å². The highest BCUT2D eigenvalue weighted by Crippen LogP contribution is 2.22. The van der Waals surface area contributed by atoms with Crippen LogP contribution in [0.4, 0.5) is 0 Å². The molecule has 0 saturated carbocycles. The summed E-state index contributed by atoms with van der Waals surface area (Å²) in [4.78, 5) is 24.9. The van der Waals surface area contributed by atoms with Crippen molar-refractivity contribution < 1.29 is 9.59 Å². The first-order valence-electron chi connectivity index (χ1n) is 6.21. The van der Waals surface area contributed by atoms with Crippen LogP contribution in [-0.4, -0.2) is 18.1 Å². The second-order valence-electron chi connectivity index (χ2n) is 4.26. The quantitative estimate of drug-likeness (QED) is 0.651. The number of hydrogen-bond donors (Lipinski definition) is 2. The highest BCUT2D eigenvalue weighted by Gasteiger charge is 2.13. The molecule has 2 rings (SSSR count). The van der Waals surface area contributed by atoms with Gasteiger partial charge in [0.2, 0.25) is 0 Å². The maximum absolute atomic E-state index is 12.1. The topological polar surface area (TPSA) is 58.2 Å². The molecule has 0 aliphatic heterocycles. The zero-order chi connectivity index (χ0) is 16.1. The van der Waals surface area contributed by atoms with Crippen molar-refractivity contribution in [3.63, 3.8) is 0 Å². The van der Waals surface area contributed by atoms with E-state index in [0.717, 1.165) is 4.90 Å². The molecule has 0 aromatic heterocycles. The van der Waals surface area contributed by atoms with Crippen molar-refractivity contribution in [2.45, 2.75) is 4.90 Å². The van der Waals surface area contributed by atoms with E-state index in [0.29, 0.717) is 21.2 Å². The number of carbonyl (C=O) groups excluding carboxylic acids is 2. The Morgan fingerprint density at radius 2 is 1.59 bits per heavy atom. The van der Waals surface area contributed by atoms with E-state index in [-0.39, 0.29) is 0 Å². The maximum atomic E-state index is 12.1. The van der Waals surface area contributed by atoms with E-state index in [1.54, 1.807) is 36.4 Å². The third-order valence-corrected chi connectivity index (χ3v) is 4.12. The van der Waals surface area contributed by atoms with Gasteiger partial charge >= 0.3 is 0 Å². The molecule has 0 unspecified atom stereocenters. The van der Waals surface area contributed by atoms with Crippen LogP contribution in [0.2, 0.25) is 10.0 Å². The molecule has 7 heteroatoms. The van der Waals surface area contributed by atoms with Crippen LogP contribution in [0, 0.1) is 0 Å². The lowest BCUT2D eigenvalue weighted by Crippen LogP contribution is -2.41. The first-order valence-corrected chi connectivity index (χ1v) is 8.19. The number of hydrazine groups is 1. The van der Waals surface area contributed by atoms with Gasteiger partial charge in [0.05, 0.1) is 10.6 Å². The fourth-order valence-electron chi connectivity index (χ4n) is 1.66. The maximum Gasteiger partial charge on any atom is 0.271 e. The molecule has 0 fully saturated rings. The summed E-state index contributed by atoms with van der Waals surface area (Å²) in [6, 6.07) is 11.4. The molecule has 0 aliphatic carbocycles. The van der Waals surface area contributed by atoms with E-state index in [2.05, 4.69) is 10.9 Å². The van der Waals surface area contributed by atoms with Gasteiger partial charge in [-0.2, -0.15) is 0 Å². The highest BCUT2D eigenvalue weighted by molar-refractivity contribution is 7.98. The van der Waals surface area contributed by atoms with Crippen molar-refractivity contribution >= 4 is 46.8 Å². The average molecular weight is 355 g/mol. The molecule has 2 aromatic carbocycles.